The minimum Gasteiger partial charge on any atom is -0.497 e. The number of furan rings is 1. The summed E-state index contributed by atoms with van der Waals surface area (Å²) in [6.07, 6.45) is 6.00. The van der Waals surface area contributed by atoms with Crippen molar-refractivity contribution in [2.45, 2.75) is 25.4 Å². The molecule has 2 aromatic rings. The lowest BCUT2D eigenvalue weighted by atomic mass is 9.71. The van der Waals surface area contributed by atoms with Gasteiger partial charge >= 0.3 is 0 Å². The highest BCUT2D eigenvalue weighted by atomic mass is 16.5. The average molecular weight is 399 g/mol. The predicted octanol–water partition coefficient (Wildman–Crippen LogP) is 1.81. The molecule has 0 bridgehead atoms. The molecule has 0 aliphatic carbocycles. The lowest BCUT2D eigenvalue weighted by Crippen LogP contribution is -2.55. The number of carbonyl (C=O) groups excluding carboxylic acids is 2. The number of pyridine rings is 1. The monoisotopic (exact) mass is 399 g/mol. The molecule has 1 atom stereocenters. The van der Waals surface area contributed by atoms with Gasteiger partial charge in [0.1, 0.15) is 17.7 Å². The first-order valence-corrected chi connectivity index (χ1v) is 9.78. The Morgan fingerprint density at radius 2 is 2.03 bits per heavy atom. The molecular weight excluding hydrogens is 374 g/mol. The summed E-state index contributed by atoms with van der Waals surface area (Å²) in [6, 6.07) is 4.98. The highest BCUT2D eigenvalue weighted by molar-refractivity contribution is 5.94. The molecule has 1 N–H and O–H groups in total. The van der Waals surface area contributed by atoms with Crippen LogP contribution in [0, 0.1) is 5.41 Å². The average Bonchev–Trinajstić information content (AvgIpc) is 3.27. The number of methoxy groups -OCH3 is 1. The molecule has 2 aromatic heterocycles. The Morgan fingerprint density at radius 3 is 2.72 bits per heavy atom. The molecule has 2 amide bonds. The van der Waals surface area contributed by atoms with Crippen molar-refractivity contribution in [2.75, 3.05) is 33.3 Å². The van der Waals surface area contributed by atoms with E-state index in [9.17, 15) is 14.7 Å². The van der Waals surface area contributed by atoms with E-state index >= 15 is 0 Å². The van der Waals surface area contributed by atoms with Gasteiger partial charge in [0.05, 0.1) is 25.0 Å². The fourth-order valence-electron chi connectivity index (χ4n) is 4.44. The van der Waals surface area contributed by atoms with Gasteiger partial charge in [-0.25, -0.2) is 0 Å². The van der Waals surface area contributed by atoms with Crippen molar-refractivity contribution in [3.63, 3.8) is 0 Å². The molecular formula is C21H25N3O5. The van der Waals surface area contributed by atoms with Crippen molar-refractivity contribution in [3.05, 3.63) is 48.2 Å². The van der Waals surface area contributed by atoms with Gasteiger partial charge < -0.3 is 24.1 Å². The third-order valence-corrected chi connectivity index (χ3v) is 5.98. The van der Waals surface area contributed by atoms with Crippen LogP contribution in [0.3, 0.4) is 0 Å². The zero-order chi connectivity index (χ0) is 20.4. The van der Waals surface area contributed by atoms with E-state index in [2.05, 4.69) is 4.98 Å². The van der Waals surface area contributed by atoms with Gasteiger partial charge in [-0.3, -0.25) is 14.6 Å². The molecule has 1 unspecified atom stereocenters. The number of ether oxygens (including phenoxy) is 1. The van der Waals surface area contributed by atoms with E-state index < -0.39 is 6.10 Å². The van der Waals surface area contributed by atoms with Crippen LogP contribution in [0.5, 0.6) is 5.75 Å². The van der Waals surface area contributed by atoms with E-state index in [1.165, 1.54) is 12.5 Å². The summed E-state index contributed by atoms with van der Waals surface area (Å²) >= 11 is 0. The van der Waals surface area contributed by atoms with Crippen LogP contribution < -0.4 is 4.74 Å². The van der Waals surface area contributed by atoms with Gasteiger partial charge in [0, 0.05) is 38.4 Å². The van der Waals surface area contributed by atoms with Crippen LogP contribution in [-0.2, 0) is 0 Å². The van der Waals surface area contributed by atoms with Crippen molar-refractivity contribution in [1.82, 2.24) is 14.8 Å². The van der Waals surface area contributed by atoms with Gasteiger partial charge in [-0.2, -0.15) is 0 Å². The van der Waals surface area contributed by atoms with Gasteiger partial charge in [-0.1, -0.05) is 0 Å². The molecule has 2 fully saturated rings. The van der Waals surface area contributed by atoms with Gasteiger partial charge in [0.25, 0.3) is 11.8 Å². The predicted molar refractivity (Wildman–Crippen MR) is 104 cm³/mol. The lowest BCUT2D eigenvalue weighted by Gasteiger charge is -2.49. The summed E-state index contributed by atoms with van der Waals surface area (Å²) in [5.41, 5.74) is 0.669. The Balaban J connectivity index is 1.43. The number of aromatic nitrogens is 1. The van der Waals surface area contributed by atoms with E-state index in [4.69, 9.17) is 9.15 Å². The Bertz CT molecular complexity index is 874. The molecule has 2 aliphatic rings. The number of aliphatic hydroxyl groups excluding tert-OH is 1. The SMILES string of the molecule is COc1ccnc(C(=O)N2CCC3(CC2)CC(O)CN(C(=O)c2ccoc2)C3)c1. The summed E-state index contributed by atoms with van der Waals surface area (Å²) in [4.78, 5) is 33.2. The van der Waals surface area contributed by atoms with Gasteiger partial charge in [0.2, 0.25) is 0 Å². The number of piperidine rings is 2. The van der Waals surface area contributed by atoms with Gasteiger partial charge in [0.15, 0.2) is 0 Å². The first-order chi connectivity index (χ1) is 14.0. The van der Waals surface area contributed by atoms with Crippen LogP contribution in [0.4, 0.5) is 0 Å². The second kappa shape index (κ2) is 7.87. The number of hydrogen-bond acceptors (Lipinski definition) is 6. The van der Waals surface area contributed by atoms with Crippen molar-refractivity contribution < 1.29 is 23.8 Å². The number of aliphatic hydroxyl groups is 1. The number of amides is 2. The number of hydrogen-bond donors (Lipinski definition) is 1. The number of carbonyl (C=O) groups is 2. The molecule has 29 heavy (non-hydrogen) atoms. The maximum absolute atomic E-state index is 12.8. The third-order valence-electron chi connectivity index (χ3n) is 5.98. The van der Waals surface area contributed by atoms with Crippen LogP contribution in [0.2, 0.25) is 0 Å². The number of nitrogens with zero attached hydrogens (tertiary/aromatic N) is 3. The highest BCUT2D eigenvalue weighted by Crippen LogP contribution is 2.40. The first kappa shape index (κ1) is 19.4. The summed E-state index contributed by atoms with van der Waals surface area (Å²) < 4.78 is 10.2. The highest BCUT2D eigenvalue weighted by Gasteiger charge is 2.43. The molecule has 8 heteroatoms. The van der Waals surface area contributed by atoms with Gasteiger partial charge in [-0.05, 0) is 36.8 Å². The van der Waals surface area contributed by atoms with E-state index in [1.807, 2.05) is 0 Å². The van der Waals surface area contributed by atoms with Crippen LogP contribution in [0.25, 0.3) is 0 Å². The standard InChI is InChI=1S/C21H25N3O5/c1-28-17-2-6-22-18(10-17)20(27)23-7-4-21(5-8-23)11-16(25)12-24(14-21)19(26)15-3-9-29-13-15/h2-3,6,9-10,13,16,25H,4-5,7-8,11-12,14H2,1H3. The van der Waals surface area contributed by atoms with E-state index in [0.717, 1.165) is 12.8 Å². The van der Waals surface area contributed by atoms with Crippen molar-refractivity contribution in [2.24, 2.45) is 5.41 Å². The van der Waals surface area contributed by atoms with E-state index in [0.29, 0.717) is 49.6 Å². The van der Waals surface area contributed by atoms with Gasteiger partial charge in [-0.15, -0.1) is 0 Å². The second-order valence-electron chi connectivity index (χ2n) is 7.93. The molecule has 8 nitrogen and oxygen atoms in total. The van der Waals surface area contributed by atoms with E-state index in [-0.39, 0.29) is 17.2 Å². The summed E-state index contributed by atoms with van der Waals surface area (Å²) in [5.74, 6) is 0.345. The molecule has 4 rings (SSSR count). The van der Waals surface area contributed by atoms with Crippen LogP contribution >= 0.6 is 0 Å². The summed E-state index contributed by atoms with van der Waals surface area (Å²) in [6.45, 7) is 2.03. The zero-order valence-electron chi connectivity index (χ0n) is 16.4. The molecule has 154 valence electrons. The van der Waals surface area contributed by atoms with Crippen molar-refractivity contribution in [3.8, 4) is 5.75 Å². The maximum atomic E-state index is 12.8. The zero-order valence-corrected chi connectivity index (χ0v) is 16.4. The maximum Gasteiger partial charge on any atom is 0.272 e. The molecule has 2 aliphatic heterocycles. The van der Waals surface area contributed by atoms with Crippen molar-refractivity contribution in [1.29, 1.82) is 0 Å². The summed E-state index contributed by atoms with van der Waals surface area (Å²) in [5, 5.41) is 10.4. The second-order valence-corrected chi connectivity index (χ2v) is 7.93. The molecule has 1 spiro atoms. The molecule has 0 saturated carbocycles. The molecule has 4 heterocycles. The smallest absolute Gasteiger partial charge is 0.272 e. The minimum absolute atomic E-state index is 0.124. The number of β-amino-alcohol motifs (C(OH)–C–C–N with tert-alkyl or cyclic N) is 1. The van der Waals surface area contributed by atoms with E-state index in [1.54, 1.807) is 41.3 Å². The fourth-order valence-corrected chi connectivity index (χ4v) is 4.44. The Labute approximate surface area is 169 Å². The quantitative estimate of drug-likeness (QED) is 0.846. The molecule has 0 radical (unpaired) electrons. The Kier molecular flexibility index (Phi) is 5.27. The lowest BCUT2D eigenvalue weighted by molar-refractivity contribution is -0.0300. The number of likely N-dealkylation sites (tertiary alicyclic amines) is 2. The fraction of sp³-hybridized carbons (Fsp3) is 0.476. The first-order valence-electron chi connectivity index (χ1n) is 9.78. The summed E-state index contributed by atoms with van der Waals surface area (Å²) in [7, 11) is 1.55. The third kappa shape index (κ3) is 3.98. The topological polar surface area (TPSA) is 96.1 Å². The Hall–Kier alpha value is -2.87. The van der Waals surface area contributed by atoms with Crippen LogP contribution in [0.1, 0.15) is 40.1 Å². The normalized spacial score (nSPS) is 21.2. The largest absolute Gasteiger partial charge is 0.497 e. The molecule has 0 aromatic carbocycles. The van der Waals surface area contributed by atoms with Crippen LogP contribution in [0.15, 0.2) is 41.3 Å². The molecule has 2 saturated heterocycles. The minimum atomic E-state index is -0.568. The van der Waals surface area contributed by atoms with Crippen molar-refractivity contribution >= 4 is 11.8 Å². The Morgan fingerprint density at radius 1 is 1.24 bits per heavy atom. The van der Waals surface area contributed by atoms with Crippen LogP contribution in [-0.4, -0.2) is 71.1 Å². The number of rotatable bonds is 3.